The van der Waals surface area contributed by atoms with Crippen LogP contribution in [0.2, 0.25) is 0 Å². The maximum absolute atomic E-state index is 11.6. The zero-order valence-corrected chi connectivity index (χ0v) is 10.7. The van der Waals surface area contributed by atoms with Gasteiger partial charge in [0.05, 0.1) is 4.32 Å². The maximum atomic E-state index is 11.6. The largest absolute Gasteiger partial charge is 0.366 e. The van der Waals surface area contributed by atoms with Gasteiger partial charge in [-0.1, -0.05) is 22.0 Å². The van der Waals surface area contributed by atoms with Crippen LogP contribution in [-0.4, -0.2) is 16.1 Å². The number of benzene rings is 1. The molecule has 0 aromatic heterocycles. The van der Waals surface area contributed by atoms with E-state index in [0.717, 1.165) is 0 Å². The molecule has 0 aliphatic heterocycles. The Labute approximate surface area is 102 Å². The normalized spacial score (nSPS) is 10.9. The Hall–Kier alpha value is -1.36. The van der Waals surface area contributed by atoms with E-state index >= 15 is 0 Å². The predicted molar refractivity (Wildman–Crippen MR) is 66.6 cm³/mol. The van der Waals surface area contributed by atoms with Crippen molar-refractivity contribution < 1.29 is 9.59 Å². The molecule has 2 amide bonds. The molecule has 0 saturated heterocycles. The quantitative estimate of drug-likeness (QED) is 0.832. The monoisotopic (exact) mass is 284 g/mol. The van der Waals surface area contributed by atoms with Gasteiger partial charge in [-0.25, -0.2) is 0 Å². The molecule has 1 rings (SSSR count). The number of hydrogen-bond donors (Lipinski definition) is 2. The molecule has 86 valence electrons. The molecule has 1 aromatic rings. The van der Waals surface area contributed by atoms with E-state index in [1.807, 2.05) is 0 Å². The van der Waals surface area contributed by atoms with E-state index in [0.29, 0.717) is 11.3 Å². The van der Waals surface area contributed by atoms with Crippen LogP contribution in [0, 0.1) is 0 Å². The molecule has 5 heteroatoms. The highest BCUT2D eigenvalue weighted by Crippen LogP contribution is 2.19. The van der Waals surface area contributed by atoms with Crippen molar-refractivity contribution in [3.8, 4) is 0 Å². The van der Waals surface area contributed by atoms with Crippen LogP contribution >= 0.6 is 15.9 Å². The summed E-state index contributed by atoms with van der Waals surface area (Å²) in [6, 6.07) is 6.50. The van der Waals surface area contributed by atoms with Crippen molar-refractivity contribution in [3.63, 3.8) is 0 Å². The smallest absolute Gasteiger partial charge is 0.248 e. The fraction of sp³-hybridized carbons (Fsp3) is 0.273. The number of primary amides is 1. The van der Waals surface area contributed by atoms with Gasteiger partial charge in [-0.2, -0.15) is 0 Å². The molecule has 1 aromatic carbocycles. The third-order valence-corrected chi connectivity index (χ3v) is 2.31. The van der Waals surface area contributed by atoms with Crippen LogP contribution in [0.15, 0.2) is 24.3 Å². The van der Waals surface area contributed by atoms with Gasteiger partial charge in [-0.15, -0.1) is 0 Å². The van der Waals surface area contributed by atoms with E-state index in [1.54, 1.807) is 38.1 Å². The molecule has 4 nitrogen and oxygen atoms in total. The summed E-state index contributed by atoms with van der Waals surface area (Å²) in [5.74, 6) is -0.705. The Kier molecular flexibility index (Phi) is 3.70. The van der Waals surface area contributed by atoms with Gasteiger partial charge in [0, 0.05) is 11.3 Å². The Bertz CT molecular complexity index is 424. The maximum Gasteiger partial charge on any atom is 0.248 e. The van der Waals surface area contributed by atoms with Crippen molar-refractivity contribution in [2.24, 2.45) is 5.73 Å². The number of carbonyl (C=O) groups excluding carboxylic acids is 2. The third kappa shape index (κ3) is 3.34. The zero-order chi connectivity index (χ0) is 12.3. The molecule has 0 unspecified atom stereocenters. The lowest BCUT2D eigenvalue weighted by molar-refractivity contribution is -0.117. The summed E-state index contributed by atoms with van der Waals surface area (Å²) in [7, 11) is 0. The number of halogens is 1. The van der Waals surface area contributed by atoms with E-state index in [1.165, 1.54) is 0 Å². The van der Waals surface area contributed by atoms with Gasteiger partial charge in [0.25, 0.3) is 0 Å². The van der Waals surface area contributed by atoms with Crippen LogP contribution in [0.1, 0.15) is 24.2 Å². The predicted octanol–water partition coefficient (Wildman–Crippen LogP) is 1.90. The minimum absolute atomic E-state index is 0.186. The molecule has 0 radical (unpaired) electrons. The first-order chi connectivity index (χ1) is 7.30. The van der Waals surface area contributed by atoms with E-state index < -0.39 is 10.2 Å². The zero-order valence-electron chi connectivity index (χ0n) is 9.08. The highest BCUT2D eigenvalue weighted by molar-refractivity contribution is 9.10. The second-order valence-corrected chi connectivity index (χ2v) is 5.85. The average molecular weight is 285 g/mol. The molecule has 0 heterocycles. The second kappa shape index (κ2) is 4.65. The van der Waals surface area contributed by atoms with Crippen molar-refractivity contribution >= 4 is 33.4 Å². The highest BCUT2D eigenvalue weighted by Gasteiger charge is 2.23. The topological polar surface area (TPSA) is 72.2 Å². The highest BCUT2D eigenvalue weighted by atomic mass is 79.9. The molecule has 0 fully saturated rings. The minimum Gasteiger partial charge on any atom is -0.366 e. The second-order valence-electron chi connectivity index (χ2n) is 3.87. The molecular weight excluding hydrogens is 272 g/mol. The molecule has 0 bridgehead atoms. The van der Waals surface area contributed by atoms with Gasteiger partial charge in [0.15, 0.2) is 0 Å². The van der Waals surface area contributed by atoms with Gasteiger partial charge in [0.1, 0.15) is 0 Å². The fourth-order valence-corrected chi connectivity index (χ4v) is 1.13. The Morgan fingerprint density at radius 1 is 1.38 bits per heavy atom. The van der Waals surface area contributed by atoms with Crippen LogP contribution in [0.4, 0.5) is 5.69 Å². The molecule has 0 saturated carbocycles. The van der Waals surface area contributed by atoms with Crippen molar-refractivity contribution in [3.05, 3.63) is 29.8 Å². The number of alkyl halides is 1. The molecule has 0 aliphatic rings. The SMILES string of the molecule is CC(C)(Br)C(=O)Nc1cccc(C(N)=O)c1. The van der Waals surface area contributed by atoms with Gasteiger partial charge in [-0.3, -0.25) is 9.59 Å². The summed E-state index contributed by atoms with van der Waals surface area (Å²) in [5.41, 5.74) is 6.05. The third-order valence-electron chi connectivity index (χ3n) is 1.94. The number of amides is 2. The molecule has 0 aliphatic carbocycles. The Balaban J connectivity index is 2.87. The lowest BCUT2D eigenvalue weighted by Gasteiger charge is -2.15. The van der Waals surface area contributed by atoms with E-state index in [4.69, 9.17) is 5.73 Å². The first-order valence-corrected chi connectivity index (χ1v) is 5.50. The summed E-state index contributed by atoms with van der Waals surface area (Å²) < 4.78 is -0.657. The number of anilines is 1. The summed E-state index contributed by atoms with van der Waals surface area (Å²) in [5, 5.41) is 2.68. The van der Waals surface area contributed by atoms with Crippen LogP contribution in [0.3, 0.4) is 0 Å². The Morgan fingerprint density at radius 3 is 2.50 bits per heavy atom. The fourth-order valence-electron chi connectivity index (χ4n) is 1.03. The summed E-state index contributed by atoms with van der Waals surface area (Å²) in [4.78, 5) is 22.6. The summed E-state index contributed by atoms with van der Waals surface area (Å²) in [6.07, 6.45) is 0. The van der Waals surface area contributed by atoms with Crippen LogP contribution in [0.25, 0.3) is 0 Å². The van der Waals surface area contributed by atoms with Crippen LogP contribution in [0.5, 0.6) is 0 Å². The first kappa shape index (κ1) is 12.7. The van der Waals surface area contributed by atoms with Crippen molar-refractivity contribution in [1.82, 2.24) is 0 Å². The number of rotatable bonds is 3. The number of hydrogen-bond acceptors (Lipinski definition) is 2. The lowest BCUT2D eigenvalue weighted by atomic mass is 10.1. The molecule has 16 heavy (non-hydrogen) atoms. The van der Waals surface area contributed by atoms with Gasteiger partial charge in [0.2, 0.25) is 11.8 Å². The lowest BCUT2D eigenvalue weighted by Crippen LogP contribution is -2.31. The molecule has 0 atom stereocenters. The number of carbonyl (C=O) groups is 2. The van der Waals surface area contributed by atoms with Crippen LogP contribution in [-0.2, 0) is 4.79 Å². The summed E-state index contributed by atoms with van der Waals surface area (Å²) in [6.45, 7) is 3.47. The number of nitrogens with one attached hydrogen (secondary N) is 1. The standard InChI is InChI=1S/C11H13BrN2O2/c1-11(2,12)10(16)14-8-5-3-4-7(6-8)9(13)15/h3-6H,1-2H3,(H2,13,15)(H,14,16). The number of nitrogens with two attached hydrogens (primary N) is 1. The van der Waals surface area contributed by atoms with Gasteiger partial charge in [-0.05, 0) is 32.0 Å². The van der Waals surface area contributed by atoms with Gasteiger partial charge >= 0.3 is 0 Å². The van der Waals surface area contributed by atoms with E-state index in [2.05, 4.69) is 21.2 Å². The van der Waals surface area contributed by atoms with Crippen LogP contribution < -0.4 is 11.1 Å². The van der Waals surface area contributed by atoms with E-state index in [-0.39, 0.29) is 5.91 Å². The average Bonchev–Trinajstić information content (AvgIpc) is 2.16. The Morgan fingerprint density at radius 2 is 2.00 bits per heavy atom. The summed E-state index contributed by atoms with van der Waals surface area (Å²) >= 11 is 3.25. The minimum atomic E-state index is -0.657. The first-order valence-electron chi connectivity index (χ1n) is 4.71. The van der Waals surface area contributed by atoms with E-state index in [9.17, 15) is 9.59 Å². The molecular formula is C11H13BrN2O2. The van der Waals surface area contributed by atoms with Crippen molar-refractivity contribution in [2.45, 2.75) is 18.2 Å². The van der Waals surface area contributed by atoms with Gasteiger partial charge < -0.3 is 11.1 Å². The van der Waals surface area contributed by atoms with Crippen molar-refractivity contribution in [1.29, 1.82) is 0 Å². The molecule has 3 N–H and O–H groups in total. The van der Waals surface area contributed by atoms with Crippen molar-refractivity contribution in [2.75, 3.05) is 5.32 Å². The molecule has 0 spiro atoms.